The van der Waals surface area contributed by atoms with Gasteiger partial charge in [0.25, 0.3) is 0 Å². The molecular weight excluding hydrogens is 508 g/mol. The molecule has 1 aliphatic carbocycles. The summed E-state index contributed by atoms with van der Waals surface area (Å²) in [5, 5.41) is 7.66. The van der Waals surface area contributed by atoms with Crippen LogP contribution in [0.25, 0.3) is 0 Å². The zero-order chi connectivity index (χ0) is 30.1. The summed E-state index contributed by atoms with van der Waals surface area (Å²) >= 11 is 0. The number of nitrogens with one attached hydrogen (secondary N) is 2. The maximum atomic E-state index is 6.09. The lowest BCUT2D eigenvalue weighted by Crippen LogP contribution is -2.54. The molecule has 0 amide bonds. The van der Waals surface area contributed by atoms with Crippen LogP contribution in [0.2, 0.25) is 0 Å². The molecule has 1 unspecified atom stereocenters. The summed E-state index contributed by atoms with van der Waals surface area (Å²) in [6.07, 6.45) is 12.4. The van der Waals surface area contributed by atoms with Crippen molar-refractivity contribution in [3.63, 3.8) is 0 Å². The van der Waals surface area contributed by atoms with Crippen molar-refractivity contribution in [2.45, 2.75) is 142 Å². The van der Waals surface area contributed by atoms with Crippen molar-refractivity contribution in [1.82, 2.24) is 25.6 Å². The van der Waals surface area contributed by atoms with Crippen LogP contribution >= 0.6 is 0 Å². The molecule has 7 heteroatoms. The van der Waals surface area contributed by atoms with Crippen LogP contribution in [0.1, 0.15) is 113 Å². The molecule has 1 saturated heterocycles. The van der Waals surface area contributed by atoms with Crippen molar-refractivity contribution in [2.24, 2.45) is 5.41 Å². The number of hydrogen-bond acceptors (Lipinski definition) is 7. The van der Waals surface area contributed by atoms with Crippen molar-refractivity contribution in [2.75, 3.05) is 18.0 Å². The van der Waals surface area contributed by atoms with Crippen molar-refractivity contribution in [3.8, 4) is 5.88 Å². The third-order valence-electron chi connectivity index (χ3n) is 8.44. The fourth-order valence-corrected chi connectivity index (χ4v) is 6.07. The van der Waals surface area contributed by atoms with Crippen LogP contribution in [-0.4, -0.2) is 57.3 Å². The number of ether oxygens (including phenoxy) is 1. The molecule has 41 heavy (non-hydrogen) atoms. The van der Waals surface area contributed by atoms with Crippen molar-refractivity contribution in [3.05, 3.63) is 42.0 Å². The van der Waals surface area contributed by atoms with E-state index in [1.54, 1.807) is 6.20 Å². The molecule has 2 aromatic heterocycles. The van der Waals surface area contributed by atoms with Crippen LogP contribution in [0.3, 0.4) is 0 Å². The van der Waals surface area contributed by atoms with E-state index >= 15 is 0 Å². The quantitative estimate of drug-likeness (QED) is 0.324. The molecule has 0 aromatic carbocycles. The van der Waals surface area contributed by atoms with E-state index in [1.807, 2.05) is 12.4 Å². The minimum Gasteiger partial charge on any atom is -0.473 e. The number of aromatic nitrogens is 3. The summed E-state index contributed by atoms with van der Waals surface area (Å²) in [7, 11) is 0. The van der Waals surface area contributed by atoms with Crippen molar-refractivity contribution >= 4 is 5.82 Å². The van der Waals surface area contributed by atoms with Crippen LogP contribution in [-0.2, 0) is 11.8 Å². The average molecular weight is 565 g/mol. The smallest absolute Gasteiger partial charge is 0.232 e. The van der Waals surface area contributed by atoms with Gasteiger partial charge in [-0.3, -0.25) is 4.98 Å². The van der Waals surface area contributed by atoms with Gasteiger partial charge in [-0.05, 0) is 96.3 Å². The Bertz CT molecular complexity index is 1130. The Balaban J connectivity index is 1.21. The molecule has 2 N–H and O–H groups in total. The predicted octanol–water partition coefficient (Wildman–Crippen LogP) is 6.46. The van der Waals surface area contributed by atoms with Gasteiger partial charge in [-0.25, -0.2) is 9.97 Å². The summed E-state index contributed by atoms with van der Waals surface area (Å²) in [5.74, 6) is 1.75. The molecule has 7 nitrogen and oxygen atoms in total. The Kier molecular flexibility index (Phi) is 9.40. The van der Waals surface area contributed by atoms with Gasteiger partial charge in [0.15, 0.2) is 0 Å². The average Bonchev–Trinajstić information content (AvgIpc) is 3.28. The summed E-state index contributed by atoms with van der Waals surface area (Å²) in [6.45, 7) is 24.8. The maximum Gasteiger partial charge on any atom is 0.232 e. The zero-order valence-electron chi connectivity index (χ0n) is 27.5. The van der Waals surface area contributed by atoms with Gasteiger partial charge in [0.2, 0.25) is 5.88 Å². The number of pyridine rings is 1. The Morgan fingerprint density at radius 3 is 2.24 bits per heavy atom. The number of rotatable bonds is 11. The largest absolute Gasteiger partial charge is 0.473 e. The van der Waals surface area contributed by atoms with Gasteiger partial charge in [-0.1, -0.05) is 34.6 Å². The summed E-state index contributed by atoms with van der Waals surface area (Å²) in [6, 6.07) is 5.53. The Hall–Kier alpha value is -2.25. The zero-order valence-corrected chi connectivity index (χ0v) is 27.5. The molecule has 1 saturated carbocycles. The molecule has 1 atom stereocenters. The minimum absolute atomic E-state index is 0.000152. The second-order valence-electron chi connectivity index (χ2n) is 16.1. The van der Waals surface area contributed by atoms with E-state index in [0.717, 1.165) is 56.7 Å². The molecule has 4 rings (SSSR count). The number of anilines is 1. The first-order valence-corrected chi connectivity index (χ1v) is 15.7. The molecule has 2 aromatic rings. The van der Waals surface area contributed by atoms with Crippen LogP contribution in [0.5, 0.6) is 5.88 Å². The molecule has 2 fully saturated rings. The lowest BCUT2D eigenvalue weighted by Gasteiger charge is -2.42. The van der Waals surface area contributed by atoms with E-state index in [1.165, 1.54) is 12.0 Å². The second-order valence-corrected chi connectivity index (χ2v) is 16.1. The summed E-state index contributed by atoms with van der Waals surface area (Å²) in [4.78, 5) is 16.2. The normalized spacial score (nSPS) is 22.1. The highest BCUT2D eigenvalue weighted by Crippen LogP contribution is 2.33. The predicted molar refractivity (Wildman–Crippen MR) is 170 cm³/mol. The molecule has 0 spiro atoms. The standard InChI is InChI=1S/C34H56N6O/c1-31(2,3)28-21-37-30(22-36-28)41-27-18-26(19-27)39-34(9,10)14-13-33(7,8)20-24-11-15-35-29(17-24)40-16-12-25(23-40)38-32(4,5)6/h11,15,17,21-22,25-27,38-39H,12-14,16,18-20,23H2,1-10H3. The highest BCUT2D eigenvalue weighted by atomic mass is 16.5. The third-order valence-corrected chi connectivity index (χ3v) is 8.44. The van der Waals surface area contributed by atoms with Crippen LogP contribution in [0.15, 0.2) is 30.7 Å². The molecule has 3 heterocycles. The van der Waals surface area contributed by atoms with Gasteiger partial charge in [0.1, 0.15) is 11.9 Å². The first kappa shape index (κ1) is 31.7. The highest BCUT2D eigenvalue weighted by Gasteiger charge is 2.35. The van der Waals surface area contributed by atoms with E-state index in [0.29, 0.717) is 18.0 Å². The van der Waals surface area contributed by atoms with E-state index in [4.69, 9.17) is 9.72 Å². The van der Waals surface area contributed by atoms with Gasteiger partial charge in [0.05, 0.1) is 18.1 Å². The first-order valence-electron chi connectivity index (χ1n) is 15.7. The van der Waals surface area contributed by atoms with Gasteiger partial charge in [0, 0.05) is 47.9 Å². The summed E-state index contributed by atoms with van der Waals surface area (Å²) < 4.78 is 6.09. The van der Waals surface area contributed by atoms with E-state index in [9.17, 15) is 0 Å². The van der Waals surface area contributed by atoms with Gasteiger partial charge in [-0.15, -0.1) is 0 Å². The van der Waals surface area contributed by atoms with Crippen molar-refractivity contribution in [1.29, 1.82) is 0 Å². The Morgan fingerprint density at radius 2 is 1.61 bits per heavy atom. The van der Waals surface area contributed by atoms with Gasteiger partial charge < -0.3 is 20.3 Å². The fraction of sp³-hybridized carbons (Fsp3) is 0.735. The minimum atomic E-state index is -0.000152. The lowest BCUT2D eigenvalue weighted by atomic mass is 9.78. The van der Waals surface area contributed by atoms with E-state index in [-0.39, 0.29) is 28.0 Å². The topological polar surface area (TPSA) is 75.2 Å². The van der Waals surface area contributed by atoms with Crippen LogP contribution < -0.4 is 20.3 Å². The molecule has 0 radical (unpaired) electrons. The lowest BCUT2D eigenvalue weighted by molar-refractivity contribution is 0.0640. The van der Waals surface area contributed by atoms with Crippen molar-refractivity contribution < 1.29 is 4.74 Å². The van der Waals surface area contributed by atoms with Crippen LogP contribution in [0.4, 0.5) is 5.82 Å². The first-order chi connectivity index (χ1) is 19.0. The van der Waals surface area contributed by atoms with Gasteiger partial charge in [-0.2, -0.15) is 0 Å². The van der Waals surface area contributed by atoms with E-state index in [2.05, 4.69) is 107 Å². The molecule has 0 bridgehead atoms. The number of hydrogen-bond donors (Lipinski definition) is 2. The monoisotopic (exact) mass is 564 g/mol. The molecule has 2 aliphatic rings. The molecular formula is C34H56N6O. The van der Waals surface area contributed by atoms with Crippen LogP contribution in [0, 0.1) is 5.41 Å². The highest BCUT2D eigenvalue weighted by molar-refractivity contribution is 5.42. The summed E-state index contributed by atoms with van der Waals surface area (Å²) in [5.41, 5.74) is 2.80. The second kappa shape index (κ2) is 12.2. The number of nitrogens with zero attached hydrogens (tertiary/aromatic N) is 4. The Morgan fingerprint density at radius 1 is 0.878 bits per heavy atom. The third kappa shape index (κ3) is 9.64. The SMILES string of the molecule is CC(C)(CCC(C)(C)NC1CC(Oc2cnc(C(C)(C)C)cn2)C1)Cc1ccnc(N2CCC(NC(C)(C)C)C2)c1. The Labute approximate surface area is 249 Å². The van der Waals surface area contributed by atoms with E-state index < -0.39 is 0 Å². The van der Waals surface area contributed by atoms with Gasteiger partial charge >= 0.3 is 0 Å². The fourth-order valence-electron chi connectivity index (χ4n) is 6.07. The molecule has 228 valence electrons. The molecule has 1 aliphatic heterocycles. The maximum absolute atomic E-state index is 6.09.